The van der Waals surface area contributed by atoms with Crippen molar-refractivity contribution in [2.75, 3.05) is 6.54 Å². The Bertz CT molecular complexity index is 866. The number of carbonyl (C=O) groups excluding carboxylic acids is 3. The molecule has 0 bridgehead atoms. The molecule has 0 unspecified atom stereocenters. The van der Waals surface area contributed by atoms with Crippen molar-refractivity contribution in [3.05, 3.63) is 40.2 Å². The largest absolute Gasteiger partial charge is 0.425 e. The number of hydrogen-bond donors (Lipinski definition) is 0. The average molecular weight is 315 g/mol. The van der Waals surface area contributed by atoms with Crippen molar-refractivity contribution in [2.24, 2.45) is 0 Å². The molecule has 0 spiro atoms. The molecule has 7 nitrogen and oxygen atoms in total. The fourth-order valence-corrected chi connectivity index (χ4v) is 2.45. The van der Waals surface area contributed by atoms with E-state index in [0.717, 1.165) is 4.90 Å². The van der Waals surface area contributed by atoms with Gasteiger partial charge in [-0.3, -0.25) is 14.5 Å². The number of aryl methyl sites for hydroxylation is 1. The Morgan fingerprint density at radius 1 is 1.17 bits per heavy atom. The van der Waals surface area contributed by atoms with Crippen molar-refractivity contribution in [3.8, 4) is 5.75 Å². The molecule has 2 amide bonds. The Hall–Kier alpha value is -2.96. The van der Waals surface area contributed by atoms with Gasteiger partial charge in [0.25, 0.3) is 0 Å². The maximum absolute atomic E-state index is 11.9. The molecule has 2 heterocycles. The molecule has 23 heavy (non-hydrogen) atoms. The second-order valence-electron chi connectivity index (χ2n) is 5.25. The number of imide groups is 1. The normalized spacial score (nSPS) is 14.6. The number of likely N-dealkylation sites (tertiary alicyclic amines) is 1. The van der Waals surface area contributed by atoms with Gasteiger partial charge >= 0.3 is 11.6 Å². The third-order valence-corrected chi connectivity index (χ3v) is 3.59. The first kappa shape index (κ1) is 15.0. The Balaban J connectivity index is 1.79. The summed E-state index contributed by atoms with van der Waals surface area (Å²) in [6.45, 7) is 1.34. The smallest absolute Gasteiger partial charge is 0.336 e. The molecule has 7 heteroatoms. The van der Waals surface area contributed by atoms with Crippen LogP contribution in [0.5, 0.6) is 5.75 Å². The highest BCUT2D eigenvalue weighted by molar-refractivity contribution is 6.04. The molecule has 1 aromatic carbocycles. The van der Waals surface area contributed by atoms with Crippen LogP contribution in [0.2, 0.25) is 0 Å². The van der Waals surface area contributed by atoms with Gasteiger partial charge in [0.15, 0.2) is 0 Å². The van der Waals surface area contributed by atoms with Crippen LogP contribution in [0, 0.1) is 6.92 Å². The fourth-order valence-electron chi connectivity index (χ4n) is 2.45. The molecule has 1 saturated heterocycles. The highest BCUT2D eigenvalue weighted by atomic mass is 16.5. The predicted octanol–water partition coefficient (Wildman–Crippen LogP) is 1.16. The van der Waals surface area contributed by atoms with E-state index in [1.165, 1.54) is 18.2 Å². The molecule has 0 N–H and O–H groups in total. The van der Waals surface area contributed by atoms with Crippen LogP contribution in [0.15, 0.2) is 33.5 Å². The number of carbonyl (C=O) groups is 3. The van der Waals surface area contributed by atoms with Crippen molar-refractivity contribution in [1.29, 1.82) is 0 Å². The number of ether oxygens (including phenoxy) is 1. The quantitative estimate of drug-likeness (QED) is 0.365. The van der Waals surface area contributed by atoms with Gasteiger partial charge < -0.3 is 9.15 Å². The highest BCUT2D eigenvalue weighted by Crippen LogP contribution is 2.23. The lowest BCUT2D eigenvalue weighted by Crippen LogP contribution is -2.36. The van der Waals surface area contributed by atoms with E-state index in [-0.39, 0.29) is 30.4 Å². The molecule has 0 saturated carbocycles. The molecule has 0 radical (unpaired) electrons. The minimum atomic E-state index is -0.706. The number of nitrogens with zero attached hydrogens (tertiary/aromatic N) is 1. The van der Waals surface area contributed by atoms with Gasteiger partial charge in [-0.15, -0.1) is 0 Å². The zero-order chi connectivity index (χ0) is 16.6. The second-order valence-corrected chi connectivity index (χ2v) is 5.25. The zero-order valence-electron chi connectivity index (χ0n) is 12.3. The van der Waals surface area contributed by atoms with E-state index >= 15 is 0 Å². The van der Waals surface area contributed by atoms with Crippen LogP contribution in [0.1, 0.15) is 18.4 Å². The van der Waals surface area contributed by atoms with E-state index in [2.05, 4.69) is 0 Å². The molecule has 2 aromatic rings. The summed E-state index contributed by atoms with van der Waals surface area (Å²) in [4.78, 5) is 47.0. The summed E-state index contributed by atoms with van der Waals surface area (Å²) in [5.74, 6) is -1.20. The van der Waals surface area contributed by atoms with E-state index < -0.39 is 18.1 Å². The lowest BCUT2D eigenvalue weighted by molar-refractivity contribution is -0.147. The van der Waals surface area contributed by atoms with Crippen LogP contribution >= 0.6 is 0 Å². The molecule has 3 rings (SSSR count). The lowest BCUT2D eigenvalue weighted by atomic mass is 10.1. The van der Waals surface area contributed by atoms with Crippen molar-refractivity contribution in [3.63, 3.8) is 0 Å². The van der Waals surface area contributed by atoms with Gasteiger partial charge in [0.1, 0.15) is 17.9 Å². The minimum absolute atomic E-state index is 0.125. The van der Waals surface area contributed by atoms with Crippen molar-refractivity contribution in [1.82, 2.24) is 4.90 Å². The fraction of sp³-hybridized carbons (Fsp3) is 0.250. The lowest BCUT2D eigenvalue weighted by Gasteiger charge is -2.13. The topological polar surface area (TPSA) is 93.9 Å². The van der Waals surface area contributed by atoms with Crippen LogP contribution in [-0.4, -0.2) is 29.2 Å². The Labute approximate surface area is 130 Å². The maximum Gasteiger partial charge on any atom is 0.336 e. The summed E-state index contributed by atoms with van der Waals surface area (Å²) in [5, 5.41) is 0.642. The number of amides is 2. The van der Waals surface area contributed by atoms with Crippen molar-refractivity contribution >= 4 is 28.8 Å². The number of rotatable bonds is 3. The van der Waals surface area contributed by atoms with Gasteiger partial charge in [0.05, 0.1) is 0 Å². The monoisotopic (exact) mass is 315 g/mol. The van der Waals surface area contributed by atoms with Crippen molar-refractivity contribution in [2.45, 2.75) is 19.8 Å². The van der Waals surface area contributed by atoms with E-state index in [1.54, 1.807) is 13.0 Å². The van der Waals surface area contributed by atoms with Gasteiger partial charge in [-0.05, 0) is 30.7 Å². The first-order valence-electron chi connectivity index (χ1n) is 7.02. The predicted molar refractivity (Wildman–Crippen MR) is 78.8 cm³/mol. The van der Waals surface area contributed by atoms with Gasteiger partial charge in [0.2, 0.25) is 11.8 Å². The molecular weight excluding hydrogens is 302 g/mol. The van der Waals surface area contributed by atoms with Gasteiger partial charge in [-0.1, -0.05) is 0 Å². The first-order valence-corrected chi connectivity index (χ1v) is 7.02. The van der Waals surface area contributed by atoms with Crippen LogP contribution in [0.4, 0.5) is 0 Å². The average Bonchev–Trinajstić information content (AvgIpc) is 2.80. The molecular formula is C16H13NO6. The third kappa shape index (κ3) is 2.98. The summed E-state index contributed by atoms with van der Waals surface area (Å²) in [5.41, 5.74) is 0.629. The van der Waals surface area contributed by atoms with E-state index in [0.29, 0.717) is 16.5 Å². The SMILES string of the molecule is Cc1cc(=O)oc2ccc(OC(=O)CN3C(=O)CCC3=O)cc12. The summed E-state index contributed by atoms with van der Waals surface area (Å²) < 4.78 is 10.2. The van der Waals surface area contributed by atoms with E-state index in [1.807, 2.05) is 0 Å². The van der Waals surface area contributed by atoms with Crippen molar-refractivity contribution < 1.29 is 23.5 Å². The summed E-state index contributed by atoms with van der Waals surface area (Å²) in [6, 6.07) is 5.92. The number of hydrogen-bond acceptors (Lipinski definition) is 6. The maximum atomic E-state index is 11.9. The second kappa shape index (κ2) is 5.68. The number of benzene rings is 1. The molecule has 1 aliphatic heterocycles. The Morgan fingerprint density at radius 3 is 2.57 bits per heavy atom. The Kier molecular flexibility index (Phi) is 3.69. The van der Waals surface area contributed by atoms with Gasteiger partial charge in [-0.25, -0.2) is 9.59 Å². The van der Waals surface area contributed by atoms with E-state index in [9.17, 15) is 19.2 Å². The number of fused-ring (bicyclic) bond motifs is 1. The van der Waals surface area contributed by atoms with Gasteiger partial charge in [0, 0.05) is 24.3 Å². The zero-order valence-corrected chi connectivity index (χ0v) is 12.3. The molecule has 118 valence electrons. The van der Waals surface area contributed by atoms with E-state index in [4.69, 9.17) is 9.15 Å². The molecule has 1 aliphatic rings. The standard InChI is InChI=1S/C16H13NO6/c1-9-6-15(20)23-12-3-2-10(7-11(9)12)22-16(21)8-17-13(18)4-5-14(17)19/h2-3,6-7H,4-5,8H2,1H3. The molecule has 0 atom stereocenters. The molecule has 0 aliphatic carbocycles. The Morgan fingerprint density at radius 2 is 1.87 bits per heavy atom. The third-order valence-electron chi connectivity index (χ3n) is 3.59. The van der Waals surface area contributed by atoms with Crippen LogP contribution < -0.4 is 10.4 Å². The molecule has 1 aromatic heterocycles. The van der Waals surface area contributed by atoms with Gasteiger partial charge in [-0.2, -0.15) is 0 Å². The first-order chi connectivity index (χ1) is 10.9. The van der Waals surface area contributed by atoms with Crippen LogP contribution in [0.25, 0.3) is 11.0 Å². The highest BCUT2D eigenvalue weighted by Gasteiger charge is 2.31. The number of esters is 1. The van der Waals surface area contributed by atoms with Crippen LogP contribution in [0.3, 0.4) is 0 Å². The minimum Gasteiger partial charge on any atom is -0.425 e. The molecule has 1 fully saturated rings. The summed E-state index contributed by atoms with van der Waals surface area (Å²) in [6.07, 6.45) is 0.251. The summed E-state index contributed by atoms with van der Waals surface area (Å²) >= 11 is 0. The summed E-state index contributed by atoms with van der Waals surface area (Å²) in [7, 11) is 0. The van der Waals surface area contributed by atoms with Crippen LogP contribution in [-0.2, 0) is 14.4 Å².